The number of hydrogen-bond acceptors (Lipinski definition) is 4. The molecular weight excluding hydrogens is 500 g/mol. The Kier molecular flexibility index (Phi) is 9.70. The molecule has 0 aliphatic heterocycles. The Labute approximate surface area is 185 Å². The van der Waals surface area contributed by atoms with E-state index in [2.05, 4.69) is 25.5 Å². The molecule has 0 spiro atoms. The van der Waals surface area contributed by atoms with E-state index in [-0.39, 0.29) is 42.3 Å². The number of ether oxygens (including phenoxy) is 1. The third-order valence-electron chi connectivity index (χ3n) is 4.06. The second-order valence-electron chi connectivity index (χ2n) is 6.39. The summed E-state index contributed by atoms with van der Waals surface area (Å²) in [5.41, 5.74) is 1.42. The summed E-state index contributed by atoms with van der Waals surface area (Å²) in [5.74, 6) is 0.233. The molecule has 11 heteroatoms. The zero-order valence-electron chi connectivity index (χ0n) is 16.7. The third-order valence-corrected chi connectivity index (χ3v) is 4.06. The molecule has 0 aliphatic rings. The van der Waals surface area contributed by atoms with Crippen molar-refractivity contribution in [2.45, 2.75) is 18.9 Å². The fraction of sp³-hybridized carbons (Fsp3) is 0.444. The van der Waals surface area contributed by atoms with E-state index in [0.29, 0.717) is 18.1 Å². The SMILES string of the molecule is CN=C(NCc1ccccc1OC(F)(F)F)NCC(c1cnn(C)c1)N(C)C.I. The van der Waals surface area contributed by atoms with E-state index >= 15 is 0 Å². The van der Waals surface area contributed by atoms with E-state index in [9.17, 15) is 13.2 Å². The van der Waals surface area contributed by atoms with Gasteiger partial charge in [-0.3, -0.25) is 9.67 Å². The molecule has 2 aromatic rings. The minimum absolute atomic E-state index is 0. The molecule has 0 radical (unpaired) electrons. The van der Waals surface area contributed by atoms with Crippen LogP contribution in [0.2, 0.25) is 0 Å². The number of alkyl halides is 3. The molecule has 1 heterocycles. The van der Waals surface area contributed by atoms with Gasteiger partial charge in [0.1, 0.15) is 5.75 Å². The largest absolute Gasteiger partial charge is 0.573 e. The molecule has 2 rings (SSSR count). The lowest BCUT2D eigenvalue weighted by atomic mass is 10.1. The molecule has 2 N–H and O–H groups in total. The highest BCUT2D eigenvalue weighted by atomic mass is 127. The number of aryl methyl sites for hydroxylation is 1. The molecule has 0 saturated carbocycles. The second kappa shape index (κ2) is 11.2. The van der Waals surface area contributed by atoms with Gasteiger partial charge in [-0.05, 0) is 20.2 Å². The number of nitrogens with one attached hydrogen (secondary N) is 2. The Morgan fingerprint density at radius 1 is 1.28 bits per heavy atom. The molecule has 1 aromatic heterocycles. The molecule has 29 heavy (non-hydrogen) atoms. The lowest BCUT2D eigenvalue weighted by molar-refractivity contribution is -0.274. The number of aliphatic imine (C=N–C) groups is 1. The summed E-state index contributed by atoms with van der Waals surface area (Å²) < 4.78 is 43.4. The van der Waals surface area contributed by atoms with Gasteiger partial charge in [-0.15, -0.1) is 37.1 Å². The standard InChI is InChI=1S/C18H25F3N6O.HI/c1-22-17(24-11-15(26(2)3)14-10-25-27(4)12-14)23-9-13-7-5-6-8-16(13)28-18(19,20)21;/h5-8,10,12,15H,9,11H2,1-4H3,(H2,22,23,24);1H. The Bertz CT molecular complexity index is 794. The smallest absolute Gasteiger partial charge is 0.405 e. The predicted octanol–water partition coefficient (Wildman–Crippen LogP) is 2.90. The van der Waals surface area contributed by atoms with Crippen molar-refractivity contribution < 1.29 is 17.9 Å². The van der Waals surface area contributed by atoms with Gasteiger partial charge in [-0.2, -0.15) is 5.10 Å². The van der Waals surface area contributed by atoms with E-state index in [0.717, 1.165) is 5.56 Å². The van der Waals surface area contributed by atoms with Crippen molar-refractivity contribution in [3.05, 3.63) is 47.8 Å². The maximum atomic E-state index is 12.5. The molecule has 1 unspecified atom stereocenters. The van der Waals surface area contributed by atoms with Gasteiger partial charge in [0.05, 0.1) is 12.2 Å². The topological polar surface area (TPSA) is 66.7 Å². The number of guanidine groups is 1. The first-order valence-corrected chi connectivity index (χ1v) is 8.62. The third kappa shape index (κ3) is 8.09. The van der Waals surface area contributed by atoms with E-state index in [4.69, 9.17) is 0 Å². The zero-order valence-corrected chi connectivity index (χ0v) is 19.0. The number of likely N-dealkylation sites (N-methyl/N-ethyl adjacent to an activating group) is 1. The molecule has 0 aliphatic carbocycles. The van der Waals surface area contributed by atoms with Crippen LogP contribution in [-0.4, -0.2) is 54.7 Å². The van der Waals surface area contributed by atoms with Crippen molar-refractivity contribution in [2.24, 2.45) is 12.0 Å². The molecule has 0 amide bonds. The molecule has 0 bridgehead atoms. The molecule has 0 saturated heterocycles. The fourth-order valence-corrected chi connectivity index (χ4v) is 2.68. The normalized spacial score (nSPS) is 13.0. The van der Waals surface area contributed by atoms with Crippen molar-refractivity contribution in [3.8, 4) is 5.75 Å². The lowest BCUT2D eigenvalue weighted by Crippen LogP contribution is -2.41. The van der Waals surface area contributed by atoms with Gasteiger partial charge in [0, 0.05) is 44.5 Å². The summed E-state index contributed by atoms with van der Waals surface area (Å²) in [6.45, 7) is 0.671. The highest BCUT2D eigenvalue weighted by Crippen LogP contribution is 2.26. The van der Waals surface area contributed by atoms with Crippen LogP contribution >= 0.6 is 24.0 Å². The Morgan fingerprint density at radius 2 is 1.97 bits per heavy atom. The Morgan fingerprint density at radius 3 is 2.52 bits per heavy atom. The predicted molar refractivity (Wildman–Crippen MR) is 116 cm³/mol. The number of para-hydroxylation sites is 1. The quantitative estimate of drug-likeness (QED) is 0.330. The summed E-state index contributed by atoms with van der Waals surface area (Å²) >= 11 is 0. The van der Waals surface area contributed by atoms with Crippen LogP contribution in [0.25, 0.3) is 0 Å². The van der Waals surface area contributed by atoms with Crippen LogP contribution < -0.4 is 15.4 Å². The highest BCUT2D eigenvalue weighted by molar-refractivity contribution is 14.0. The van der Waals surface area contributed by atoms with Crippen molar-refractivity contribution in [3.63, 3.8) is 0 Å². The summed E-state index contributed by atoms with van der Waals surface area (Å²) in [6, 6.07) is 6.05. The monoisotopic (exact) mass is 526 g/mol. The average molecular weight is 526 g/mol. The van der Waals surface area contributed by atoms with E-state index in [1.54, 1.807) is 30.1 Å². The van der Waals surface area contributed by atoms with Crippen molar-refractivity contribution >= 4 is 29.9 Å². The van der Waals surface area contributed by atoms with Crippen molar-refractivity contribution in [1.82, 2.24) is 25.3 Å². The van der Waals surface area contributed by atoms with Gasteiger partial charge in [-0.1, -0.05) is 18.2 Å². The number of halogens is 4. The van der Waals surface area contributed by atoms with Crippen LogP contribution in [-0.2, 0) is 13.6 Å². The Hall–Kier alpha value is -2.02. The molecule has 1 aromatic carbocycles. The van der Waals surface area contributed by atoms with Crippen LogP contribution in [0.5, 0.6) is 5.75 Å². The van der Waals surface area contributed by atoms with E-state index in [1.165, 1.54) is 12.1 Å². The lowest BCUT2D eigenvalue weighted by Gasteiger charge is -2.24. The minimum atomic E-state index is -4.74. The molecule has 1 atom stereocenters. The number of nitrogens with zero attached hydrogens (tertiary/aromatic N) is 4. The van der Waals surface area contributed by atoms with Crippen molar-refractivity contribution in [2.75, 3.05) is 27.7 Å². The fourth-order valence-electron chi connectivity index (χ4n) is 2.68. The summed E-state index contributed by atoms with van der Waals surface area (Å²) in [7, 11) is 7.37. The maximum absolute atomic E-state index is 12.5. The van der Waals surface area contributed by atoms with Gasteiger partial charge in [0.2, 0.25) is 0 Å². The van der Waals surface area contributed by atoms with E-state index in [1.807, 2.05) is 32.2 Å². The highest BCUT2D eigenvalue weighted by Gasteiger charge is 2.32. The van der Waals surface area contributed by atoms with Crippen LogP contribution in [0.15, 0.2) is 41.7 Å². The maximum Gasteiger partial charge on any atom is 0.573 e. The van der Waals surface area contributed by atoms with Gasteiger partial charge in [0.15, 0.2) is 5.96 Å². The first kappa shape index (κ1) is 25.0. The Balaban J connectivity index is 0.00000420. The molecule has 0 fully saturated rings. The van der Waals surface area contributed by atoms with Gasteiger partial charge in [-0.25, -0.2) is 0 Å². The van der Waals surface area contributed by atoms with Crippen molar-refractivity contribution in [1.29, 1.82) is 0 Å². The van der Waals surface area contributed by atoms with E-state index < -0.39 is 6.36 Å². The molecule has 162 valence electrons. The zero-order chi connectivity index (χ0) is 20.7. The van der Waals surface area contributed by atoms with Gasteiger partial charge < -0.3 is 20.3 Å². The average Bonchev–Trinajstić information content (AvgIpc) is 3.03. The molecular formula is C18H26F3IN6O. The summed E-state index contributed by atoms with van der Waals surface area (Å²) in [6.07, 6.45) is -1.00. The number of benzene rings is 1. The van der Waals surface area contributed by atoms with Crippen LogP contribution in [0.3, 0.4) is 0 Å². The minimum Gasteiger partial charge on any atom is -0.405 e. The first-order valence-electron chi connectivity index (χ1n) is 8.62. The van der Waals surface area contributed by atoms with Crippen LogP contribution in [0, 0.1) is 0 Å². The molecule has 7 nitrogen and oxygen atoms in total. The van der Waals surface area contributed by atoms with Crippen LogP contribution in [0.1, 0.15) is 17.2 Å². The number of rotatable bonds is 7. The number of hydrogen-bond donors (Lipinski definition) is 2. The number of aromatic nitrogens is 2. The first-order chi connectivity index (χ1) is 13.2. The second-order valence-corrected chi connectivity index (χ2v) is 6.39. The van der Waals surface area contributed by atoms with Gasteiger partial charge >= 0.3 is 6.36 Å². The van der Waals surface area contributed by atoms with Gasteiger partial charge in [0.25, 0.3) is 0 Å². The van der Waals surface area contributed by atoms with Crippen LogP contribution in [0.4, 0.5) is 13.2 Å². The summed E-state index contributed by atoms with van der Waals surface area (Å²) in [4.78, 5) is 6.17. The summed E-state index contributed by atoms with van der Waals surface area (Å²) in [5, 5.41) is 10.4.